The normalized spacial score (nSPS) is 30.2. The number of aliphatic hydroxyl groups is 2. The third kappa shape index (κ3) is 2.10. The van der Waals surface area contributed by atoms with Crippen molar-refractivity contribution in [1.29, 1.82) is 0 Å². The van der Waals surface area contributed by atoms with Gasteiger partial charge >= 0.3 is 5.69 Å². The lowest BCUT2D eigenvalue weighted by atomic mass is 9.99. The van der Waals surface area contributed by atoms with E-state index in [1.165, 1.54) is 6.20 Å². The number of nitrogens with one attached hydrogen (secondary N) is 1. The number of terminal acetylenes is 1. The van der Waals surface area contributed by atoms with Crippen LogP contribution >= 0.6 is 0 Å². The summed E-state index contributed by atoms with van der Waals surface area (Å²) in [6, 6.07) is 0. The SMILES string of the molecule is C#C[C@@]1(CO)O[C@H](n2cc(C)c(=O)[nH]c2=O)C[C@H]1O. The van der Waals surface area contributed by atoms with Gasteiger partial charge in [0.15, 0.2) is 5.60 Å². The number of hydrogen-bond donors (Lipinski definition) is 3. The number of aryl methyl sites for hydroxylation is 1. The molecule has 1 fully saturated rings. The second-order valence-corrected chi connectivity index (χ2v) is 4.49. The first-order valence-electron chi connectivity index (χ1n) is 5.70. The molecule has 0 saturated carbocycles. The second-order valence-electron chi connectivity index (χ2n) is 4.49. The highest BCUT2D eigenvalue weighted by molar-refractivity contribution is 5.16. The topological polar surface area (TPSA) is 105 Å². The fourth-order valence-corrected chi connectivity index (χ4v) is 2.04. The van der Waals surface area contributed by atoms with Gasteiger partial charge in [-0.1, -0.05) is 5.92 Å². The number of aromatic amines is 1. The van der Waals surface area contributed by atoms with Gasteiger partial charge in [-0.3, -0.25) is 14.3 Å². The Morgan fingerprint density at radius 3 is 2.89 bits per heavy atom. The van der Waals surface area contributed by atoms with Crippen molar-refractivity contribution in [3.63, 3.8) is 0 Å². The van der Waals surface area contributed by atoms with Crippen LogP contribution in [-0.4, -0.2) is 38.1 Å². The Hall–Kier alpha value is -1.88. The predicted molar refractivity (Wildman–Crippen MR) is 65.5 cm³/mol. The number of aromatic nitrogens is 2. The van der Waals surface area contributed by atoms with Crippen LogP contribution in [0, 0.1) is 19.3 Å². The Morgan fingerprint density at radius 1 is 1.68 bits per heavy atom. The monoisotopic (exact) mass is 266 g/mol. The van der Waals surface area contributed by atoms with Crippen LogP contribution in [0.15, 0.2) is 15.8 Å². The summed E-state index contributed by atoms with van der Waals surface area (Å²) in [5.74, 6) is 2.21. The van der Waals surface area contributed by atoms with E-state index < -0.39 is 35.8 Å². The Bertz CT molecular complexity index is 641. The molecule has 2 rings (SSSR count). The summed E-state index contributed by atoms with van der Waals surface area (Å²) in [6.07, 6.45) is 4.73. The minimum Gasteiger partial charge on any atom is -0.392 e. The lowest BCUT2D eigenvalue weighted by Crippen LogP contribution is -2.41. The highest BCUT2D eigenvalue weighted by Crippen LogP contribution is 2.35. The van der Waals surface area contributed by atoms with E-state index in [1.54, 1.807) is 6.92 Å². The van der Waals surface area contributed by atoms with E-state index in [0.29, 0.717) is 5.56 Å². The van der Waals surface area contributed by atoms with Crippen molar-refractivity contribution >= 4 is 0 Å². The van der Waals surface area contributed by atoms with Gasteiger partial charge in [0.05, 0.1) is 6.61 Å². The van der Waals surface area contributed by atoms with Crippen LogP contribution in [0.4, 0.5) is 0 Å². The number of rotatable bonds is 2. The van der Waals surface area contributed by atoms with Crippen LogP contribution in [0.1, 0.15) is 18.2 Å². The van der Waals surface area contributed by atoms with Gasteiger partial charge in [-0.05, 0) is 6.92 Å². The molecule has 0 spiro atoms. The smallest absolute Gasteiger partial charge is 0.330 e. The van der Waals surface area contributed by atoms with Crippen LogP contribution in [0.3, 0.4) is 0 Å². The highest BCUT2D eigenvalue weighted by atomic mass is 16.6. The maximum atomic E-state index is 11.7. The molecule has 1 saturated heterocycles. The van der Waals surface area contributed by atoms with Crippen molar-refractivity contribution in [3.8, 4) is 12.3 Å². The summed E-state index contributed by atoms with van der Waals surface area (Å²) in [5.41, 5.74) is -2.32. The molecule has 1 aromatic heterocycles. The maximum absolute atomic E-state index is 11.7. The molecule has 1 aliphatic rings. The minimum absolute atomic E-state index is 0.0517. The van der Waals surface area contributed by atoms with Crippen LogP contribution in [0.2, 0.25) is 0 Å². The molecule has 0 aliphatic carbocycles. The van der Waals surface area contributed by atoms with Crippen molar-refractivity contribution in [2.45, 2.75) is 31.3 Å². The first-order valence-corrected chi connectivity index (χ1v) is 5.70. The average molecular weight is 266 g/mol. The number of hydrogen-bond acceptors (Lipinski definition) is 5. The van der Waals surface area contributed by atoms with E-state index in [2.05, 4.69) is 10.9 Å². The molecule has 7 heteroatoms. The second kappa shape index (κ2) is 4.66. The molecule has 7 nitrogen and oxygen atoms in total. The van der Waals surface area contributed by atoms with Gasteiger partial charge < -0.3 is 14.9 Å². The molecule has 0 unspecified atom stereocenters. The van der Waals surface area contributed by atoms with Gasteiger partial charge in [0.25, 0.3) is 5.56 Å². The molecular formula is C12H14N2O5. The van der Waals surface area contributed by atoms with Crippen molar-refractivity contribution in [2.75, 3.05) is 6.61 Å². The molecule has 0 aromatic carbocycles. The Labute approximate surface area is 108 Å². The maximum Gasteiger partial charge on any atom is 0.330 e. The van der Waals surface area contributed by atoms with Crippen LogP contribution in [-0.2, 0) is 4.74 Å². The fraction of sp³-hybridized carbons (Fsp3) is 0.500. The molecule has 102 valence electrons. The fourth-order valence-electron chi connectivity index (χ4n) is 2.04. The summed E-state index contributed by atoms with van der Waals surface area (Å²) >= 11 is 0. The third-order valence-electron chi connectivity index (χ3n) is 3.24. The average Bonchev–Trinajstić information content (AvgIpc) is 2.71. The largest absolute Gasteiger partial charge is 0.392 e. The lowest BCUT2D eigenvalue weighted by Gasteiger charge is -2.23. The quantitative estimate of drug-likeness (QED) is 0.564. The molecule has 3 atom stereocenters. The van der Waals surface area contributed by atoms with Crippen LogP contribution < -0.4 is 11.2 Å². The van der Waals surface area contributed by atoms with Gasteiger partial charge in [-0.15, -0.1) is 6.42 Å². The van der Waals surface area contributed by atoms with Crippen molar-refractivity contribution in [3.05, 3.63) is 32.6 Å². The predicted octanol–water partition coefficient (Wildman–Crippen LogP) is -1.51. The molecular weight excluding hydrogens is 252 g/mol. The zero-order valence-corrected chi connectivity index (χ0v) is 10.3. The van der Waals surface area contributed by atoms with Crippen molar-refractivity contribution < 1.29 is 14.9 Å². The number of ether oxygens (including phenoxy) is 1. The van der Waals surface area contributed by atoms with Crippen LogP contribution in [0.5, 0.6) is 0 Å². The van der Waals surface area contributed by atoms with Gasteiger partial charge in [-0.2, -0.15) is 0 Å². The van der Waals surface area contributed by atoms with Crippen LogP contribution in [0.25, 0.3) is 0 Å². The molecule has 1 aromatic rings. The Balaban J connectivity index is 2.42. The zero-order chi connectivity index (χ0) is 14.2. The highest BCUT2D eigenvalue weighted by Gasteiger charge is 2.47. The standard InChI is InChI=1S/C12H14N2O5/c1-3-12(6-15)8(16)4-9(19-12)14-5-7(2)10(17)13-11(14)18/h1,5,8-9,15-16H,4,6H2,2H3,(H,13,17,18)/t8-,9+,12+/m1/s1. The van der Waals surface area contributed by atoms with Crippen molar-refractivity contribution in [2.24, 2.45) is 0 Å². The molecule has 3 N–H and O–H groups in total. The van der Waals surface area contributed by atoms with E-state index in [1.807, 2.05) is 0 Å². The molecule has 1 aliphatic heterocycles. The summed E-state index contributed by atoms with van der Waals surface area (Å²) in [6.45, 7) is 0.985. The van der Waals surface area contributed by atoms with E-state index in [9.17, 15) is 19.8 Å². The van der Waals surface area contributed by atoms with E-state index in [0.717, 1.165) is 4.57 Å². The minimum atomic E-state index is -1.52. The zero-order valence-electron chi connectivity index (χ0n) is 10.3. The Morgan fingerprint density at radius 2 is 2.37 bits per heavy atom. The van der Waals surface area contributed by atoms with Crippen molar-refractivity contribution in [1.82, 2.24) is 9.55 Å². The van der Waals surface area contributed by atoms with Gasteiger partial charge in [-0.25, -0.2) is 4.79 Å². The first-order chi connectivity index (χ1) is 8.93. The van der Waals surface area contributed by atoms with E-state index in [4.69, 9.17) is 11.2 Å². The third-order valence-corrected chi connectivity index (χ3v) is 3.24. The van der Waals surface area contributed by atoms with Gasteiger partial charge in [0.2, 0.25) is 0 Å². The first kappa shape index (κ1) is 13.5. The van der Waals surface area contributed by atoms with Gasteiger partial charge in [0, 0.05) is 18.2 Å². The van der Waals surface area contributed by atoms with E-state index >= 15 is 0 Å². The number of H-pyrrole nitrogens is 1. The summed E-state index contributed by atoms with van der Waals surface area (Å²) in [5, 5.41) is 19.1. The van der Waals surface area contributed by atoms with E-state index in [-0.39, 0.29) is 6.42 Å². The summed E-state index contributed by atoms with van der Waals surface area (Å²) in [4.78, 5) is 25.1. The molecule has 0 radical (unpaired) electrons. The lowest BCUT2D eigenvalue weighted by molar-refractivity contribution is -0.0913. The molecule has 0 bridgehead atoms. The summed E-state index contributed by atoms with van der Waals surface area (Å²) in [7, 11) is 0. The molecule has 19 heavy (non-hydrogen) atoms. The molecule has 0 amide bonds. The Kier molecular flexibility index (Phi) is 3.32. The number of aliphatic hydroxyl groups excluding tert-OH is 2. The molecule has 2 heterocycles. The summed E-state index contributed by atoms with van der Waals surface area (Å²) < 4.78 is 6.57. The van der Waals surface area contributed by atoms with Gasteiger partial charge in [0.1, 0.15) is 12.3 Å². The number of nitrogens with zero attached hydrogens (tertiary/aromatic N) is 1.